The molecule has 1 amide bonds. The van der Waals surface area contributed by atoms with Crippen molar-refractivity contribution < 1.29 is 4.79 Å². The van der Waals surface area contributed by atoms with Crippen molar-refractivity contribution in [1.82, 2.24) is 15.1 Å². The number of nitrogens with two attached hydrogens (primary N) is 1. The van der Waals surface area contributed by atoms with Gasteiger partial charge in [-0.25, -0.2) is 0 Å². The van der Waals surface area contributed by atoms with Crippen LogP contribution in [0.1, 0.15) is 67.5 Å². The lowest BCUT2D eigenvalue weighted by Crippen LogP contribution is -2.38. The first-order valence-electron chi connectivity index (χ1n) is 7.83. The van der Waals surface area contributed by atoms with Crippen LogP contribution >= 0.6 is 0 Å². The highest BCUT2D eigenvalue weighted by Gasteiger charge is 2.32. The van der Waals surface area contributed by atoms with Gasteiger partial charge in [-0.2, -0.15) is 5.10 Å². The lowest BCUT2D eigenvalue weighted by atomic mass is 9.92. The predicted octanol–water partition coefficient (Wildman–Crippen LogP) is 2.52. The Morgan fingerprint density at radius 3 is 2.65 bits per heavy atom. The van der Waals surface area contributed by atoms with Gasteiger partial charge in [0, 0.05) is 19.0 Å². The molecule has 5 heteroatoms. The number of nitrogens with zero attached hydrogens (tertiary/aromatic N) is 2. The Balaban J connectivity index is 1.64. The van der Waals surface area contributed by atoms with E-state index in [1.165, 1.54) is 12.8 Å². The van der Waals surface area contributed by atoms with E-state index in [0.29, 0.717) is 17.3 Å². The number of hydrogen-bond donors (Lipinski definition) is 2. The number of amides is 1. The van der Waals surface area contributed by atoms with Crippen molar-refractivity contribution in [3.05, 3.63) is 11.4 Å². The number of nitrogens with one attached hydrogen (secondary N) is 1. The number of H-pyrrole nitrogens is 1. The molecule has 0 bridgehead atoms. The lowest BCUT2D eigenvalue weighted by Gasteiger charge is -2.31. The molecule has 20 heavy (non-hydrogen) atoms. The fourth-order valence-electron chi connectivity index (χ4n) is 3.19. The van der Waals surface area contributed by atoms with Gasteiger partial charge in [-0.15, -0.1) is 0 Å². The molecular weight excluding hydrogens is 252 g/mol. The van der Waals surface area contributed by atoms with Gasteiger partial charge in [-0.3, -0.25) is 9.89 Å². The summed E-state index contributed by atoms with van der Waals surface area (Å²) in [7, 11) is 0. The summed E-state index contributed by atoms with van der Waals surface area (Å²) >= 11 is 0. The van der Waals surface area contributed by atoms with E-state index in [1.54, 1.807) is 0 Å². The standard InChI is InChI=1S/C15H24N4O/c1-2-3-10-6-8-19(9-7-10)15(20)14-12(16)13(17-18-14)11-4-5-11/h10-11H,2-9,16H2,1H3,(H,17,18). The van der Waals surface area contributed by atoms with E-state index >= 15 is 0 Å². The van der Waals surface area contributed by atoms with Gasteiger partial charge >= 0.3 is 0 Å². The van der Waals surface area contributed by atoms with Gasteiger partial charge in [0.05, 0.1) is 11.4 Å². The molecule has 0 radical (unpaired) electrons. The van der Waals surface area contributed by atoms with Crippen molar-refractivity contribution in [3.8, 4) is 0 Å². The number of carbonyl (C=O) groups excluding carboxylic acids is 1. The van der Waals surface area contributed by atoms with Crippen LogP contribution in [-0.2, 0) is 0 Å². The van der Waals surface area contributed by atoms with E-state index < -0.39 is 0 Å². The van der Waals surface area contributed by atoms with E-state index in [9.17, 15) is 4.79 Å². The van der Waals surface area contributed by atoms with Gasteiger partial charge < -0.3 is 10.6 Å². The Morgan fingerprint density at radius 1 is 1.35 bits per heavy atom. The largest absolute Gasteiger partial charge is 0.395 e. The van der Waals surface area contributed by atoms with E-state index in [2.05, 4.69) is 17.1 Å². The SMILES string of the molecule is CCCC1CCN(C(=O)c2n[nH]c(C3CC3)c2N)CC1. The highest BCUT2D eigenvalue weighted by Crippen LogP contribution is 2.42. The molecule has 0 atom stereocenters. The Hall–Kier alpha value is -1.52. The topological polar surface area (TPSA) is 75.0 Å². The molecule has 1 saturated carbocycles. The zero-order valence-electron chi connectivity index (χ0n) is 12.2. The molecule has 3 rings (SSSR count). The molecule has 110 valence electrons. The summed E-state index contributed by atoms with van der Waals surface area (Å²) < 4.78 is 0. The molecule has 1 aliphatic carbocycles. The summed E-state index contributed by atoms with van der Waals surface area (Å²) in [5.41, 5.74) is 8.06. The third-order valence-corrected chi connectivity index (χ3v) is 4.62. The molecule has 0 spiro atoms. The maximum Gasteiger partial charge on any atom is 0.276 e. The molecule has 1 saturated heterocycles. The average molecular weight is 276 g/mol. The van der Waals surface area contributed by atoms with Crippen LogP contribution in [0.5, 0.6) is 0 Å². The normalized spacial score (nSPS) is 20.4. The first-order valence-corrected chi connectivity index (χ1v) is 7.83. The monoisotopic (exact) mass is 276 g/mol. The fraction of sp³-hybridized carbons (Fsp3) is 0.733. The summed E-state index contributed by atoms with van der Waals surface area (Å²) in [4.78, 5) is 14.4. The number of anilines is 1. The second-order valence-electron chi connectivity index (χ2n) is 6.20. The Labute approximate surface area is 119 Å². The van der Waals surface area contributed by atoms with Gasteiger partial charge in [0.2, 0.25) is 0 Å². The first kappa shape index (κ1) is 13.5. The van der Waals surface area contributed by atoms with Crippen molar-refractivity contribution >= 4 is 11.6 Å². The van der Waals surface area contributed by atoms with Crippen LogP contribution in [0, 0.1) is 5.92 Å². The van der Waals surface area contributed by atoms with Crippen molar-refractivity contribution in [3.63, 3.8) is 0 Å². The molecule has 2 fully saturated rings. The average Bonchev–Trinajstić information content (AvgIpc) is 3.23. The fourth-order valence-corrected chi connectivity index (χ4v) is 3.19. The molecule has 3 N–H and O–H groups in total. The zero-order valence-corrected chi connectivity index (χ0v) is 12.2. The lowest BCUT2D eigenvalue weighted by molar-refractivity contribution is 0.0681. The number of piperidine rings is 1. The number of rotatable bonds is 4. The van der Waals surface area contributed by atoms with Gasteiger partial charge in [0.15, 0.2) is 5.69 Å². The van der Waals surface area contributed by atoms with Crippen LogP contribution in [0.15, 0.2) is 0 Å². The molecule has 2 aliphatic rings. The van der Waals surface area contributed by atoms with Crippen molar-refractivity contribution in [1.29, 1.82) is 0 Å². The van der Waals surface area contributed by atoms with Crippen molar-refractivity contribution in [2.75, 3.05) is 18.8 Å². The minimum atomic E-state index is 0.000554. The van der Waals surface area contributed by atoms with Gasteiger partial charge in [0.1, 0.15) is 0 Å². The van der Waals surface area contributed by atoms with Crippen LogP contribution in [0.3, 0.4) is 0 Å². The number of nitrogen functional groups attached to an aromatic ring is 1. The highest BCUT2D eigenvalue weighted by atomic mass is 16.2. The second-order valence-corrected chi connectivity index (χ2v) is 6.20. The smallest absolute Gasteiger partial charge is 0.276 e. The maximum atomic E-state index is 12.5. The van der Waals surface area contributed by atoms with Crippen LogP contribution in [-0.4, -0.2) is 34.1 Å². The molecule has 1 aromatic heterocycles. The first-order chi connectivity index (χ1) is 9.70. The molecule has 0 aromatic carbocycles. The van der Waals surface area contributed by atoms with Gasteiger partial charge in [-0.05, 0) is 31.6 Å². The molecule has 2 heterocycles. The summed E-state index contributed by atoms with van der Waals surface area (Å²) in [6.45, 7) is 3.91. The summed E-state index contributed by atoms with van der Waals surface area (Å²) in [5.74, 6) is 1.28. The summed E-state index contributed by atoms with van der Waals surface area (Å²) in [5, 5.41) is 7.13. The molecular formula is C15H24N4O. The molecule has 1 aliphatic heterocycles. The van der Waals surface area contributed by atoms with Crippen molar-refractivity contribution in [2.45, 2.75) is 51.4 Å². The number of carbonyl (C=O) groups is 1. The minimum Gasteiger partial charge on any atom is -0.395 e. The highest BCUT2D eigenvalue weighted by molar-refractivity contribution is 5.97. The van der Waals surface area contributed by atoms with Crippen LogP contribution in [0.25, 0.3) is 0 Å². The Kier molecular flexibility index (Phi) is 3.68. The minimum absolute atomic E-state index is 0.000554. The Morgan fingerprint density at radius 2 is 2.05 bits per heavy atom. The van der Waals surface area contributed by atoms with Crippen LogP contribution in [0.2, 0.25) is 0 Å². The quantitative estimate of drug-likeness (QED) is 0.887. The summed E-state index contributed by atoms with van der Waals surface area (Å²) in [6.07, 6.45) is 7.04. The van der Waals surface area contributed by atoms with E-state index in [0.717, 1.165) is 50.4 Å². The molecule has 0 unspecified atom stereocenters. The number of aromatic nitrogens is 2. The predicted molar refractivity (Wildman–Crippen MR) is 78.5 cm³/mol. The number of hydrogen-bond acceptors (Lipinski definition) is 3. The van der Waals surface area contributed by atoms with Crippen molar-refractivity contribution in [2.24, 2.45) is 5.92 Å². The van der Waals surface area contributed by atoms with E-state index in [-0.39, 0.29) is 5.91 Å². The maximum absolute atomic E-state index is 12.5. The molecule has 1 aromatic rings. The van der Waals surface area contributed by atoms with Gasteiger partial charge in [0.25, 0.3) is 5.91 Å². The van der Waals surface area contributed by atoms with Crippen LogP contribution in [0.4, 0.5) is 5.69 Å². The van der Waals surface area contributed by atoms with E-state index in [4.69, 9.17) is 5.73 Å². The third-order valence-electron chi connectivity index (χ3n) is 4.62. The third kappa shape index (κ3) is 2.53. The van der Waals surface area contributed by atoms with Crippen LogP contribution < -0.4 is 5.73 Å². The Bertz CT molecular complexity index is 484. The number of likely N-dealkylation sites (tertiary alicyclic amines) is 1. The zero-order chi connectivity index (χ0) is 14.1. The van der Waals surface area contributed by atoms with Gasteiger partial charge in [-0.1, -0.05) is 19.8 Å². The second kappa shape index (κ2) is 5.46. The van der Waals surface area contributed by atoms with E-state index in [1.807, 2.05) is 4.90 Å². The summed E-state index contributed by atoms with van der Waals surface area (Å²) in [6, 6.07) is 0. The number of aromatic amines is 1. The molecule has 5 nitrogen and oxygen atoms in total.